The predicted octanol–water partition coefficient (Wildman–Crippen LogP) is 3.26. The van der Waals surface area contributed by atoms with E-state index in [4.69, 9.17) is 0 Å². The van der Waals surface area contributed by atoms with Gasteiger partial charge in [0.05, 0.1) is 12.5 Å². The third kappa shape index (κ3) is 2.48. The maximum atomic E-state index is 9.69. The van der Waals surface area contributed by atoms with E-state index in [9.17, 15) is 5.11 Å². The molecule has 1 N–H and O–H groups in total. The van der Waals surface area contributed by atoms with E-state index in [2.05, 4.69) is 6.72 Å². The minimum absolute atomic E-state index is 0.259. The first-order valence-electron chi connectivity index (χ1n) is 5.47. The van der Waals surface area contributed by atoms with Crippen molar-refractivity contribution in [3.05, 3.63) is 66.2 Å². The van der Waals surface area contributed by atoms with Gasteiger partial charge in [-0.2, -0.15) is 0 Å². The molecular formula is C15H15NO. The summed E-state index contributed by atoms with van der Waals surface area (Å²) in [5.41, 5.74) is 2.93. The molecule has 0 saturated heterocycles. The van der Waals surface area contributed by atoms with Crippen LogP contribution >= 0.6 is 0 Å². The summed E-state index contributed by atoms with van der Waals surface area (Å²) in [4.78, 5) is 0. The molecule has 0 unspecified atom stereocenters. The number of aryl methyl sites for hydroxylation is 1. The van der Waals surface area contributed by atoms with Gasteiger partial charge in [-0.3, -0.25) is 4.58 Å². The summed E-state index contributed by atoms with van der Waals surface area (Å²) in [5, 5.41) is 9.69. The van der Waals surface area contributed by atoms with E-state index in [1.165, 1.54) is 0 Å². The molecule has 0 aromatic heterocycles. The van der Waals surface area contributed by atoms with Crippen LogP contribution in [-0.2, 0) is 0 Å². The van der Waals surface area contributed by atoms with E-state index in [0.717, 1.165) is 16.8 Å². The highest BCUT2D eigenvalue weighted by molar-refractivity contribution is 5.44. The third-order valence-electron chi connectivity index (χ3n) is 2.66. The largest absolute Gasteiger partial charge is 0.542 e. The number of rotatable bonds is 3. The molecule has 0 aliphatic carbocycles. The van der Waals surface area contributed by atoms with Crippen molar-refractivity contribution in [2.75, 3.05) is 0 Å². The Labute approximate surface area is 101 Å². The van der Waals surface area contributed by atoms with Crippen LogP contribution in [0.25, 0.3) is 0 Å². The van der Waals surface area contributed by atoms with Gasteiger partial charge in [-0.25, -0.2) is 0 Å². The van der Waals surface area contributed by atoms with Crippen LogP contribution in [0.15, 0.2) is 48.5 Å². The lowest BCUT2D eigenvalue weighted by atomic mass is 10.1. The number of hydrogen-bond acceptors (Lipinski definition) is 1. The lowest BCUT2D eigenvalue weighted by Crippen LogP contribution is -2.01. The number of phenolic OH excluding ortho intramolecular Hbond substituents is 1. The van der Waals surface area contributed by atoms with E-state index in [1.807, 2.05) is 49.9 Å². The maximum absolute atomic E-state index is 9.69. The molecule has 0 fully saturated rings. The fraction of sp³-hybridized carbons (Fsp3) is 0.0667. The minimum atomic E-state index is 0.259. The van der Waals surface area contributed by atoms with Crippen LogP contribution in [0.4, 0.5) is 5.69 Å². The molecule has 0 heterocycles. The molecule has 17 heavy (non-hydrogen) atoms. The maximum Gasteiger partial charge on any atom is 0.150 e. The van der Waals surface area contributed by atoms with Gasteiger partial charge in [0.2, 0.25) is 0 Å². The van der Waals surface area contributed by atoms with Gasteiger partial charge in [-0.1, -0.05) is 36.4 Å². The van der Waals surface area contributed by atoms with Gasteiger partial charge in [0.25, 0.3) is 0 Å². The molecule has 2 aromatic carbocycles. The standard InChI is InChI=1S/C15H15NO/c1-12-7-3-5-9-14(12)16(2)11-13-8-4-6-10-15(13)17/h3-11,17H,2H2,1H3. The Morgan fingerprint density at radius 3 is 2.41 bits per heavy atom. The Morgan fingerprint density at radius 1 is 1.06 bits per heavy atom. The lowest BCUT2D eigenvalue weighted by Gasteiger charge is -2.11. The zero-order valence-corrected chi connectivity index (χ0v) is 9.80. The summed E-state index contributed by atoms with van der Waals surface area (Å²) in [6.07, 6.45) is 0. The molecule has 2 aromatic rings. The van der Waals surface area contributed by atoms with E-state index in [-0.39, 0.29) is 5.75 Å². The van der Waals surface area contributed by atoms with Crippen molar-refractivity contribution in [3.63, 3.8) is 0 Å². The van der Waals surface area contributed by atoms with Gasteiger partial charge >= 0.3 is 0 Å². The summed E-state index contributed by atoms with van der Waals surface area (Å²) < 4.78 is 1.77. The van der Waals surface area contributed by atoms with Crippen LogP contribution in [-0.4, -0.2) is 16.4 Å². The van der Waals surface area contributed by atoms with Crippen LogP contribution in [0.2, 0.25) is 0 Å². The number of aromatic hydroxyl groups is 1. The van der Waals surface area contributed by atoms with E-state index in [1.54, 1.807) is 16.7 Å². The Kier molecular flexibility index (Phi) is 3.15. The van der Waals surface area contributed by atoms with Crippen molar-refractivity contribution < 1.29 is 9.68 Å². The monoisotopic (exact) mass is 225 g/mol. The zero-order valence-electron chi connectivity index (χ0n) is 9.80. The van der Waals surface area contributed by atoms with Crippen molar-refractivity contribution in [2.45, 2.75) is 6.92 Å². The second-order valence-electron chi connectivity index (χ2n) is 3.94. The molecule has 0 aliphatic heterocycles. The van der Waals surface area contributed by atoms with E-state index < -0.39 is 0 Å². The molecular weight excluding hydrogens is 210 g/mol. The SMILES string of the molecule is C=[N+]([CH-]c1ccccc1O)c1ccccc1C. The Hall–Kier alpha value is -2.22. The van der Waals surface area contributed by atoms with Crippen molar-refractivity contribution in [3.8, 4) is 5.75 Å². The summed E-state index contributed by atoms with van der Waals surface area (Å²) >= 11 is 0. The topological polar surface area (TPSA) is 23.2 Å². The summed E-state index contributed by atoms with van der Waals surface area (Å²) in [7, 11) is 0. The fourth-order valence-electron chi connectivity index (χ4n) is 1.72. The van der Waals surface area contributed by atoms with Gasteiger partial charge in [0, 0.05) is 0 Å². The van der Waals surface area contributed by atoms with E-state index >= 15 is 0 Å². The average Bonchev–Trinajstić information content (AvgIpc) is 2.32. The molecule has 0 bridgehead atoms. The molecule has 2 heteroatoms. The summed E-state index contributed by atoms with van der Waals surface area (Å²) in [5.74, 6) is 0.259. The molecule has 0 aliphatic rings. The zero-order chi connectivity index (χ0) is 12.3. The second kappa shape index (κ2) is 4.74. The number of para-hydroxylation sites is 2. The second-order valence-corrected chi connectivity index (χ2v) is 3.94. The van der Waals surface area contributed by atoms with Gasteiger partial charge in [0.15, 0.2) is 5.69 Å². The molecule has 2 nitrogen and oxygen atoms in total. The van der Waals surface area contributed by atoms with Crippen LogP contribution in [0.3, 0.4) is 0 Å². The first-order chi connectivity index (χ1) is 8.18. The van der Waals surface area contributed by atoms with E-state index in [0.29, 0.717) is 0 Å². The minimum Gasteiger partial charge on any atom is -0.542 e. The number of nitrogens with zero attached hydrogens (tertiary/aromatic N) is 1. The molecule has 0 radical (unpaired) electrons. The highest BCUT2D eigenvalue weighted by Gasteiger charge is 2.06. The molecule has 2 rings (SSSR count). The first-order valence-corrected chi connectivity index (χ1v) is 5.47. The summed E-state index contributed by atoms with van der Waals surface area (Å²) in [6, 6.07) is 15.2. The summed E-state index contributed by atoms with van der Waals surface area (Å²) in [6.45, 7) is 7.82. The lowest BCUT2D eigenvalue weighted by molar-refractivity contribution is -0.378. The Morgan fingerprint density at radius 2 is 1.71 bits per heavy atom. The number of hydrogen-bond donors (Lipinski definition) is 1. The van der Waals surface area contributed by atoms with Crippen LogP contribution < -0.4 is 0 Å². The molecule has 0 saturated carbocycles. The average molecular weight is 225 g/mol. The number of benzene rings is 2. The molecule has 0 spiro atoms. The van der Waals surface area contributed by atoms with Gasteiger partial charge in [-0.05, 0) is 24.1 Å². The van der Waals surface area contributed by atoms with Crippen LogP contribution in [0.5, 0.6) is 5.75 Å². The van der Waals surface area contributed by atoms with Gasteiger partial charge in [0.1, 0.15) is 6.54 Å². The van der Waals surface area contributed by atoms with Crippen molar-refractivity contribution in [1.82, 2.24) is 0 Å². The van der Waals surface area contributed by atoms with Crippen LogP contribution in [0.1, 0.15) is 11.1 Å². The van der Waals surface area contributed by atoms with Gasteiger partial charge < -0.3 is 5.11 Å². The Balaban J connectivity index is 2.24. The molecule has 0 amide bonds. The van der Waals surface area contributed by atoms with Crippen LogP contribution in [0, 0.1) is 13.5 Å². The van der Waals surface area contributed by atoms with Gasteiger partial charge in [-0.15, -0.1) is 6.07 Å². The number of phenols is 1. The fourth-order valence-corrected chi connectivity index (χ4v) is 1.72. The highest BCUT2D eigenvalue weighted by Crippen LogP contribution is 2.23. The molecule has 86 valence electrons. The normalized spacial score (nSPS) is 9.94. The van der Waals surface area contributed by atoms with Crippen molar-refractivity contribution in [1.29, 1.82) is 0 Å². The Bertz CT molecular complexity index is 546. The van der Waals surface area contributed by atoms with Crippen molar-refractivity contribution >= 4 is 12.4 Å². The predicted molar refractivity (Wildman–Crippen MR) is 69.7 cm³/mol. The van der Waals surface area contributed by atoms with Crippen molar-refractivity contribution in [2.24, 2.45) is 0 Å². The quantitative estimate of drug-likeness (QED) is 0.483. The third-order valence-corrected chi connectivity index (χ3v) is 2.66. The smallest absolute Gasteiger partial charge is 0.150 e. The first kappa shape index (κ1) is 11.3. The molecule has 0 atom stereocenters. The highest BCUT2D eigenvalue weighted by atomic mass is 16.3.